The average molecular weight is 368 g/mol. The monoisotopic (exact) mass is 367 g/mol. The number of rotatable bonds is 8. The molecule has 0 unspecified atom stereocenters. The maximum absolute atomic E-state index is 12.7. The summed E-state index contributed by atoms with van der Waals surface area (Å²) in [5, 5.41) is 0. The Morgan fingerprint density at radius 3 is 2.44 bits per heavy atom. The summed E-state index contributed by atoms with van der Waals surface area (Å²) in [6, 6.07) is 7.05. The molecule has 1 aromatic carbocycles. The van der Waals surface area contributed by atoms with Crippen molar-refractivity contribution in [3.8, 4) is 5.75 Å². The number of benzene rings is 1. The van der Waals surface area contributed by atoms with Gasteiger partial charge >= 0.3 is 10.1 Å². The summed E-state index contributed by atoms with van der Waals surface area (Å²) in [5.41, 5.74) is 0.642. The Morgan fingerprint density at radius 2 is 1.88 bits per heavy atom. The van der Waals surface area contributed by atoms with Crippen LogP contribution in [0.15, 0.2) is 24.3 Å². The molecule has 2 rings (SSSR count). The topological polar surface area (TPSA) is 63.7 Å². The lowest BCUT2D eigenvalue weighted by Crippen LogP contribution is -2.35. The molecule has 1 fully saturated rings. The highest BCUT2D eigenvalue weighted by atomic mass is 32.2. The van der Waals surface area contributed by atoms with E-state index in [2.05, 4.69) is 0 Å². The quantitative estimate of drug-likeness (QED) is 0.659. The van der Waals surface area contributed by atoms with Gasteiger partial charge in [-0.15, -0.1) is 0 Å². The van der Waals surface area contributed by atoms with E-state index in [0.717, 1.165) is 24.9 Å². The Kier molecular flexibility index (Phi) is 6.14. The van der Waals surface area contributed by atoms with E-state index >= 15 is 0 Å². The fraction of sp³-hybridized carbons (Fsp3) is 0.632. The molecule has 1 aliphatic rings. The largest absolute Gasteiger partial charge is 0.382 e. The standard InChI is InChI=1S/C19H29NO4S/c1-5-25(22,23)24-17-9-7-6-8-16(17)14-20(13-15-10-11-15)18(21)12-19(2,3)4/h6-9,15H,5,10-14H2,1-4H3. The molecule has 25 heavy (non-hydrogen) atoms. The molecule has 0 heterocycles. The van der Waals surface area contributed by atoms with Gasteiger partial charge in [0.2, 0.25) is 5.91 Å². The third-order valence-corrected chi connectivity index (χ3v) is 5.25. The molecule has 0 aliphatic heterocycles. The minimum absolute atomic E-state index is 0.0829. The van der Waals surface area contributed by atoms with Gasteiger partial charge in [-0.05, 0) is 37.2 Å². The van der Waals surface area contributed by atoms with Crippen LogP contribution in [-0.2, 0) is 21.5 Å². The maximum Gasteiger partial charge on any atom is 0.308 e. The van der Waals surface area contributed by atoms with Crippen LogP contribution in [-0.4, -0.2) is 31.5 Å². The van der Waals surface area contributed by atoms with Crippen molar-refractivity contribution in [3.05, 3.63) is 29.8 Å². The summed E-state index contributed by atoms with van der Waals surface area (Å²) in [5.74, 6) is 0.897. The van der Waals surface area contributed by atoms with Crippen molar-refractivity contribution in [2.45, 2.75) is 53.5 Å². The SMILES string of the molecule is CCS(=O)(=O)Oc1ccccc1CN(CC1CC1)C(=O)CC(C)(C)C. The van der Waals surface area contributed by atoms with E-state index < -0.39 is 10.1 Å². The van der Waals surface area contributed by atoms with Crippen molar-refractivity contribution in [2.75, 3.05) is 12.3 Å². The van der Waals surface area contributed by atoms with Crippen LogP contribution in [0.4, 0.5) is 0 Å². The number of para-hydroxylation sites is 1. The third-order valence-electron chi connectivity index (χ3n) is 4.11. The number of hydrogen-bond acceptors (Lipinski definition) is 4. The molecule has 0 N–H and O–H groups in total. The summed E-state index contributed by atoms with van der Waals surface area (Å²) in [6.07, 6.45) is 2.78. The Balaban J connectivity index is 2.19. The molecule has 1 amide bonds. The molecule has 0 atom stereocenters. The summed E-state index contributed by atoms with van der Waals surface area (Å²) < 4.78 is 28.8. The Hall–Kier alpha value is -1.56. The molecular weight excluding hydrogens is 338 g/mol. The van der Waals surface area contributed by atoms with Gasteiger partial charge in [-0.25, -0.2) is 0 Å². The highest BCUT2D eigenvalue weighted by Gasteiger charge is 2.29. The first-order chi connectivity index (χ1) is 11.6. The second kappa shape index (κ2) is 7.77. The van der Waals surface area contributed by atoms with E-state index in [0.29, 0.717) is 24.6 Å². The summed E-state index contributed by atoms with van der Waals surface area (Å²) in [6.45, 7) is 8.79. The van der Waals surface area contributed by atoms with Gasteiger partial charge in [0, 0.05) is 25.1 Å². The molecule has 0 spiro atoms. The zero-order valence-corrected chi connectivity index (χ0v) is 16.4. The molecule has 1 aliphatic carbocycles. The van der Waals surface area contributed by atoms with Gasteiger partial charge in [0.25, 0.3) is 0 Å². The molecule has 1 aromatic rings. The van der Waals surface area contributed by atoms with Crippen molar-refractivity contribution >= 4 is 16.0 Å². The molecule has 6 heteroatoms. The van der Waals surface area contributed by atoms with E-state index in [1.54, 1.807) is 19.1 Å². The molecule has 0 radical (unpaired) electrons. The number of amides is 1. The Morgan fingerprint density at radius 1 is 1.24 bits per heavy atom. The van der Waals surface area contributed by atoms with Crippen molar-refractivity contribution in [1.82, 2.24) is 4.90 Å². The molecule has 0 aromatic heterocycles. The smallest absolute Gasteiger partial charge is 0.308 e. The van der Waals surface area contributed by atoms with Crippen molar-refractivity contribution in [1.29, 1.82) is 0 Å². The van der Waals surface area contributed by atoms with E-state index in [9.17, 15) is 13.2 Å². The summed E-state index contributed by atoms with van der Waals surface area (Å²) in [7, 11) is -3.59. The van der Waals surface area contributed by atoms with Crippen LogP contribution < -0.4 is 4.18 Å². The lowest BCUT2D eigenvalue weighted by molar-refractivity contribution is -0.134. The predicted octanol–water partition coefficient (Wildman–Crippen LogP) is 3.59. The fourth-order valence-electron chi connectivity index (χ4n) is 2.55. The number of nitrogens with zero attached hydrogens (tertiary/aromatic N) is 1. The van der Waals surface area contributed by atoms with Gasteiger partial charge in [0.15, 0.2) is 0 Å². The molecule has 5 nitrogen and oxygen atoms in total. The maximum atomic E-state index is 12.7. The van der Waals surface area contributed by atoms with Crippen molar-refractivity contribution < 1.29 is 17.4 Å². The van der Waals surface area contributed by atoms with E-state index in [1.807, 2.05) is 37.8 Å². The summed E-state index contributed by atoms with van der Waals surface area (Å²) in [4.78, 5) is 14.6. The van der Waals surface area contributed by atoms with E-state index in [-0.39, 0.29) is 17.1 Å². The highest BCUT2D eigenvalue weighted by Crippen LogP contribution is 2.32. The third kappa shape index (κ3) is 6.69. The first-order valence-corrected chi connectivity index (χ1v) is 10.5. The first kappa shape index (κ1) is 19.8. The van der Waals surface area contributed by atoms with Crippen LogP contribution in [0.25, 0.3) is 0 Å². The molecule has 1 saturated carbocycles. The second-order valence-corrected chi connectivity index (χ2v) is 9.85. The number of carbonyl (C=O) groups excluding carboxylic acids is 1. The highest BCUT2D eigenvalue weighted by molar-refractivity contribution is 7.87. The van der Waals surface area contributed by atoms with Crippen LogP contribution in [0.3, 0.4) is 0 Å². The normalized spacial score (nSPS) is 15.0. The van der Waals surface area contributed by atoms with Crippen molar-refractivity contribution in [2.24, 2.45) is 11.3 Å². The second-order valence-electron chi connectivity index (χ2n) is 7.99. The number of carbonyl (C=O) groups is 1. The van der Waals surface area contributed by atoms with Crippen LogP contribution in [0.5, 0.6) is 5.75 Å². The first-order valence-electron chi connectivity index (χ1n) is 8.87. The lowest BCUT2D eigenvalue weighted by Gasteiger charge is -2.27. The van der Waals surface area contributed by atoms with Gasteiger partial charge < -0.3 is 9.08 Å². The molecule has 0 bridgehead atoms. The molecule has 0 saturated heterocycles. The van der Waals surface area contributed by atoms with Gasteiger partial charge in [-0.3, -0.25) is 4.79 Å². The van der Waals surface area contributed by atoms with Gasteiger partial charge in [0.05, 0.1) is 5.75 Å². The zero-order chi connectivity index (χ0) is 18.7. The van der Waals surface area contributed by atoms with Crippen LogP contribution in [0.2, 0.25) is 0 Å². The summed E-state index contributed by atoms with van der Waals surface area (Å²) >= 11 is 0. The molecular formula is C19H29NO4S. The number of hydrogen-bond donors (Lipinski definition) is 0. The van der Waals surface area contributed by atoms with E-state index in [4.69, 9.17) is 4.18 Å². The van der Waals surface area contributed by atoms with Crippen LogP contribution in [0.1, 0.15) is 52.5 Å². The van der Waals surface area contributed by atoms with Crippen LogP contribution >= 0.6 is 0 Å². The van der Waals surface area contributed by atoms with Gasteiger partial charge in [-0.2, -0.15) is 8.42 Å². The van der Waals surface area contributed by atoms with Crippen LogP contribution in [0, 0.1) is 11.3 Å². The molecule has 140 valence electrons. The zero-order valence-electron chi connectivity index (χ0n) is 15.6. The lowest BCUT2D eigenvalue weighted by atomic mass is 9.91. The van der Waals surface area contributed by atoms with Crippen molar-refractivity contribution in [3.63, 3.8) is 0 Å². The fourth-order valence-corrected chi connectivity index (χ4v) is 3.10. The predicted molar refractivity (Wildman–Crippen MR) is 98.7 cm³/mol. The van der Waals surface area contributed by atoms with Gasteiger partial charge in [0.1, 0.15) is 5.75 Å². The Bertz CT molecular complexity index is 702. The van der Waals surface area contributed by atoms with Gasteiger partial charge in [-0.1, -0.05) is 39.0 Å². The Labute approximate surface area is 151 Å². The average Bonchev–Trinajstić information content (AvgIpc) is 3.30. The van der Waals surface area contributed by atoms with E-state index in [1.165, 1.54) is 0 Å². The minimum atomic E-state index is -3.59. The minimum Gasteiger partial charge on any atom is -0.382 e.